The van der Waals surface area contributed by atoms with E-state index >= 15 is 0 Å². The van der Waals surface area contributed by atoms with Gasteiger partial charge in [0.25, 0.3) is 0 Å². The molecular formula is C13H16N2O2. The van der Waals surface area contributed by atoms with Crippen LogP contribution in [0.25, 0.3) is 11.0 Å². The molecule has 4 heteroatoms. The van der Waals surface area contributed by atoms with Crippen LogP contribution < -0.4 is 4.74 Å². The summed E-state index contributed by atoms with van der Waals surface area (Å²) in [6.07, 6.45) is 1.37. The molecule has 0 amide bonds. The zero-order chi connectivity index (χ0) is 11.8. The minimum atomic E-state index is 0.336. The lowest BCUT2D eigenvalue weighted by Crippen LogP contribution is -1.99. The van der Waals surface area contributed by atoms with Gasteiger partial charge in [0.2, 0.25) is 0 Å². The van der Waals surface area contributed by atoms with Gasteiger partial charge in [-0.25, -0.2) is 4.98 Å². The Morgan fingerprint density at radius 3 is 3.06 bits per heavy atom. The molecule has 1 aromatic carbocycles. The number of ether oxygens (including phenoxy) is 2. The second-order valence-corrected chi connectivity index (χ2v) is 4.58. The summed E-state index contributed by atoms with van der Waals surface area (Å²) in [4.78, 5) is 7.98. The fourth-order valence-corrected chi connectivity index (χ4v) is 2.34. The molecule has 0 saturated carbocycles. The topological polar surface area (TPSA) is 47.1 Å². The van der Waals surface area contributed by atoms with Gasteiger partial charge in [0.1, 0.15) is 11.6 Å². The summed E-state index contributed by atoms with van der Waals surface area (Å²) < 4.78 is 10.8. The molecule has 0 radical (unpaired) electrons. The number of nitrogens with one attached hydrogen (secondary N) is 1. The number of aromatic amines is 1. The van der Waals surface area contributed by atoms with Crippen LogP contribution in [0.2, 0.25) is 0 Å². The fourth-order valence-electron chi connectivity index (χ4n) is 2.34. The molecule has 3 rings (SSSR count). The standard InChI is InChI=1S/C13H16N2O2/c1-8-5-9(7-17-8)13-14-11-4-3-10(16-2)6-12(11)15-13/h3-4,6,8-9H,5,7H2,1-2H3,(H,14,15). The number of benzene rings is 1. The number of fused-ring (bicyclic) bond motifs is 1. The average molecular weight is 232 g/mol. The summed E-state index contributed by atoms with van der Waals surface area (Å²) >= 11 is 0. The molecule has 1 aromatic heterocycles. The Kier molecular flexibility index (Phi) is 2.52. The third-order valence-electron chi connectivity index (χ3n) is 3.29. The van der Waals surface area contributed by atoms with Crippen molar-refractivity contribution < 1.29 is 9.47 Å². The number of rotatable bonds is 2. The maximum Gasteiger partial charge on any atom is 0.121 e. The molecule has 0 aliphatic carbocycles. The van der Waals surface area contributed by atoms with E-state index in [-0.39, 0.29) is 0 Å². The highest BCUT2D eigenvalue weighted by Gasteiger charge is 2.26. The number of hydrogen-bond donors (Lipinski definition) is 1. The Morgan fingerprint density at radius 2 is 2.35 bits per heavy atom. The van der Waals surface area contributed by atoms with Gasteiger partial charge in [-0.3, -0.25) is 0 Å². The van der Waals surface area contributed by atoms with Crippen LogP contribution in [-0.4, -0.2) is 29.8 Å². The van der Waals surface area contributed by atoms with Crippen LogP contribution in [0.15, 0.2) is 18.2 Å². The first kappa shape index (κ1) is 10.6. The van der Waals surface area contributed by atoms with Gasteiger partial charge in [-0.2, -0.15) is 0 Å². The van der Waals surface area contributed by atoms with E-state index in [1.54, 1.807) is 7.11 Å². The SMILES string of the molecule is COc1ccc2nc(C3COC(C)C3)[nH]c2c1. The maximum absolute atomic E-state index is 5.58. The van der Waals surface area contributed by atoms with Crippen molar-refractivity contribution >= 4 is 11.0 Å². The van der Waals surface area contributed by atoms with Crippen LogP contribution in [0.4, 0.5) is 0 Å². The summed E-state index contributed by atoms with van der Waals surface area (Å²) in [6.45, 7) is 2.86. The molecule has 17 heavy (non-hydrogen) atoms. The van der Waals surface area contributed by atoms with Crippen LogP contribution in [0.5, 0.6) is 5.75 Å². The fraction of sp³-hybridized carbons (Fsp3) is 0.462. The first-order valence-electron chi connectivity index (χ1n) is 5.91. The van der Waals surface area contributed by atoms with Crippen molar-refractivity contribution in [1.82, 2.24) is 9.97 Å². The molecule has 2 unspecified atom stereocenters. The number of aromatic nitrogens is 2. The molecule has 2 aromatic rings. The van der Waals surface area contributed by atoms with Crippen LogP contribution in [0, 0.1) is 0 Å². The Hall–Kier alpha value is -1.55. The molecule has 0 spiro atoms. The van der Waals surface area contributed by atoms with Crippen molar-refractivity contribution in [3.8, 4) is 5.75 Å². The third kappa shape index (κ3) is 1.89. The van der Waals surface area contributed by atoms with E-state index in [0.29, 0.717) is 12.0 Å². The number of methoxy groups -OCH3 is 1. The minimum Gasteiger partial charge on any atom is -0.497 e. The Bertz CT molecular complexity index is 535. The lowest BCUT2D eigenvalue weighted by atomic mass is 10.1. The number of nitrogens with zero attached hydrogens (tertiary/aromatic N) is 1. The van der Waals surface area contributed by atoms with Crippen molar-refractivity contribution in [2.45, 2.75) is 25.4 Å². The predicted octanol–water partition coefficient (Wildman–Crippen LogP) is 2.46. The van der Waals surface area contributed by atoms with Gasteiger partial charge in [-0.15, -0.1) is 0 Å². The molecule has 1 saturated heterocycles. The molecule has 1 aliphatic rings. The summed E-state index contributed by atoms with van der Waals surface area (Å²) in [5, 5.41) is 0. The average Bonchev–Trinajstić information content (AvgIpc) is 2.93. The number of H-pyrrole nitrogens is 1. The Labute approximate surface area is 100.0 Å². The van der Waals surface area contributed by atoms with E-state index < -0.39 is 0 Å². The number of imidazole rings is 1. The van der Waals surface area contributed by atoms with E-state index in [9.17, 15) is 0 Å². The second-order valence-electron chi connectivity index (χ2n) is 4.58. The first-order valence-corrected chi connectivity index (χ1v) is 5.91. The van der Waals surface area contributed by atoms with Gasteiger partial charge < -0.3 is 14.5 Å². The second kappa shape index (κ2) is 4.04. The first-order chi connectivity index (χ1) is 8.26. The molecule has 1 aliphatic heterocycles. The lowest BCUT2D eigenvalue weighted by molar-refractivity contribution is 0.123. The van der Waals surface area contributed by atoms with Gasteiger partial charge in [-0.1, -0.05) is 0 Å². The molecule has 2 atom stereocenters. The largest absolute Gasteiger partial charge is 0.497 e. The van der Waals surface area contributed by atoms with Crippen molar-refractivity contribution in [3.05, 3.63) is 24.0 Å². The van der Waals surface area contributed by atoms with E-state index in [2.05, 4.69) is 16.9 Å². The lowest BCUT2D eigenvalue weighted by Gasteiger charge is -2.01. The molecular weight excluding hydrogens is 216 g/mol. The van der Waals surface area contributed by atoms with E-state index in [0.717, 1.165) is 35.6 Å². The van der Waals surface area contributed by atoms with Crippen molar-refractivity contribution in [3.63, 3.8) is 0 Å². The molecule has 2 heterocycles. The monoisotopic (exact) mass is 232 g/mol. The maximum atomic E-state index is 5.58. The van der Waals surface area contributed by atoms with E-state index in [1.807, 2.05) is 18.2 Å². The molecule has 0 bridgehead atoms. The van der Waals surface area contributed by atoms with Gasteiger partial charge in [0.05, 0.1) is 30.9 Å². The molecule has 1 N–H and O–H groups in total. The summed E-state index contributed by atoms with van der Waals surface area (Å²) in [6, 6.07) is 5.89. The zero-order valence-electron chi connectivity index (χ0n) is 10.1. The van der Waals surface area contributed by atoms with Gasteiger partial charge in [-0.05, 0) is 25.5 Å². The minimum absolute atomic E-state index is 0.336. The van der Waals surface area contributed by atoms with Gasteiger partial charge in [0.15, 0.2) is 0 Å². The van der Waals surface area contributed by atoms with Crippen LogP contribution in [0.3, 0.4) is 0 Å². The smallest absolute Gasteiger partial charge is 0.121 e. The van der Waals surface area contributed by atoms with Crippen LogP contribution in [-0.2, 0) is 4.74 Å². The molecule has 1 fully saturated rings. The van der Waals surface area contributed by atoms with Crippen LogP contribution in [0.1, 0.15) is 25.1 Å². The zero-order valence-corrected chi connectivity index (χ0v) is 10.1. The summed E-state index contributed by atoms with van der Waals surface area (Å²) in [7, 11) is 1.67. The van der Waals surface area contributed by atoms with Crippen molar-refractivity contribution in [1.29, 1.82) is 0 Å². The van der Waals surface area contributed by atoms with Crippen molar-refractivity contribution in [2.75, 3.05) is 13.7 Å². The summed E-state index contributed by atoms with van der Waals surface area (Å²) in [5.74, 6) is 2.27. The highest BCUT2D eigenvalue weighted by atomic mass is 16.5. The van der Waals surface area contributed by atoms with Crippen LogP contribution >= 0.6 is 0 Å². The highest BCUT2D eigenvalue weighted by Crippen LogP contribution is 2.29. The quantitative estimate of drug-likeness (QED) is 0.865. The Balaban J connectivity index is 1.96. The molecule has 4 nitrogen and oxygen atoms in total. The van der Waals surface area contributed by atoms with Crippen molar-refractivity contribution in [2.24, 2.45) is 0 Å². The Morgan fingerprint density at radius 1 is 1.47 bits per heavy atom. The van der Waals surface area contributed by atoms with Gasteiger partial charge >= 0.3 is 0 Å². The summed E-state index contributed by atoms with van der Waals surface area (Å²) in [5.41, 5.74) is 2.01. The van der Waals surface area contributed by atoms with E-state index in [1.165, 1.54) is 0 Å². The van der Waals surface area contributed by atoms with Gasteiger partial charge in [0, 0.05) is 12.0 Å². The highest BCUT2D eigenvalue weighted by molar-refractivity contribution is 5.76. The normalized spacial score (nSPS) is 24.4. The predicted molar refractivity (Wildman–Crippen MR) is 65.4 cm³/mol. The third-order valence-corrected chi connectivity index (χ3v) is 3.29. The van der Waals surface area contributed by atoms with E-state index in [4.69, 9.17) is 9.47 Å². The molecule has 90 valence electrons. The number of hydrogen-bond acceptors (Lipinski definition) is 3.